The van der Waals surface area contributed by atoms with Crippen molar-refractivity contribution in [1.82, 2.24) is 4.90 Å². The number of nitrogens with zero attached hydrogens (tertiary/aromatic N) is 1. The van der Waals surface area contributed by atoms with E-state index in [0.29, 0.717) is 0 Å². The van der Waals surface area contributed by atoms with Gasteiger partial charge in [-0.25, -0.2) is 0 Å². The average Bonchev–Trinajstić information content (AvgIpc) is 2.40. The molecule has 1 fully saturated rings. The first-order chi connectivity index (χ1) is 9.19. The molecule has 2 N–H and O–H groups in total. The van der Waals surface area contributed by atoms with Crippen LogP contribution in [0.2, 0.25) is 0 Å². The molecule has 1 heterocycles. The summed E-state index contributed by atoms with van der Waals surface area (Å²) in [7, 11) is 0. The van der Waals surface area contributed by atoms with E-state index in [4.69, 9.17) is 12.2 Å². The van der Waals surface area contributed by atoms with E-state index in [2.05, 4.69) is 48.3 Å². The van der Waals surface area contributed by atoms with Crippen molar-refractivity contribution in [3.63, 3.8) is 0 Å². The Morgan fingerprint density at radius 1 is 1.37 bits per heavy atom. The van der Waals surface area contributed by atoms with Gasteiger partial charge in [0.2, 0.25) is 0 Å². The smallest absolute Gasteiger partial charge is 0.173 e. The first-order valence-electron chi connectivity index (χ1n) is 7.15. The van der Waals surface area contributed by atoms with Crippen LogP contribution in [0.4, 0.5) is 5.69 Å². The zero-order chi connectivity index (χ0) is 13.7. The Morgan fingerprint density at radius 3 is 2.74 bits per heavy atom. The van der Waals surface area contributed by atoms with Gasteiger partial charge < -0.3 is 15.1 Å². The Labute approximate surface area is 121 Å². The summed E-state index contributed by atoms with van der Waals surface area (Å²) in [5, 5.41) is 4.21. The molecule has 104 valence electrons. The monoisotopic (exact) mass is 278 g/mol. The Bertz CT molecular complexity index is 425. The maximum absolute atomic E-state index is 5.51. The molecule has 0 aliphatic carbocycles. The molecule has 0 atom stereocenters. The van der Waals surface area contributed by atoms with Gasteiger partial charge in [-0.3, -0.25) is 0 Å². The number of piperazine rings is 1. The topological polar surface area (TPSA) is 19.7 Å². The fourth-order valence-corrected chi connectivity index (χ4v) is 2.86. The number of hydrogen-bond donors (Lipinski definition) is 2. The second kappa shape index (κ2) is 6.87. The summed E-state index contributed by atoms with van der Waals surface area (Å²) in [4.78, 5) is 3.99. The number of anilines is 1. The van der Waals surface area contributed by atoms with Crippen molar-refractivity contribution < 1.29 is 4.90 Å². The quantitative estimate of drug-likeness (QED) is 0.813. The van der Waals surface area contributed by atoms with E-state index in [1.54, 1.807) is 4.90 Å². The van der Waals surface area contributed by atoms with Crippen LogP contribution >= 0.6 is 12.2 Å². The van der Waals surface area contributed by atoms with Crippen molar-refractivity contribution in [1.29, 1.82) is 0 Å². The standard InChI is InChI=1S/C15H23N3S/c1-3-7-17-8-10-18(11-9-17)15(19)16-14-6-4-5-13(2)12-14/h4-6,12H,3,7-11H2,1-2H3,(H,16,19)/p+1. The van der Waals surface area contributed by atoms with Crippen molar-refractivity contribution in [2.45, 2.75) is 20.3 Å². The highest BCUT2D eigenvalue weighted by atomic mass is 32.1. The van der Waals surface area contributed by atoms with Gasteiger partial charge in [-0.2, -0.15) is 0 Å². The zero-order valence-corrected chi connectivity index (χ0v) is 12.7. The van der Waals surface area contributed by atoms with Gasteiger partial charge in [-0.15, -0.1) is 0 Å². The van der Waals surface area contributed by atoms with Crippen LogP contribution < -0.4 is 10.2 Å². The molecule has 19 heavy (non-hydrogen) atoms. The molecule has 2 rings (SSSR count). The summed E-state index contributed by atoms with van der Waals surface area (Å²) in [6.07, 6.45) is 1.27. The van der Waals surface area contributed by atoms with Crippen LogP contribution in [0.15, 0.2) is 24.3 Å². The van der Waals surface area contributed by atoms with Crippen LogP contribution in [-0.4, -0.2) is 42.7 Å². The maximum atomic E-state index is 5.51. The first-order valence-corrected chi connectivity index (χ1v) is 7.56. The van der Waals surface area contributed by atoms with Crippen LogP contribution in [0.3, 0.4) is 0 Å². The lowest BCUT2D eigenvalue weighted by Crippen LogP contribution is -3.14. The molecular formula is C15H24N3S+. The van der Waals surface area contributed by atoms with Crippen molar-refractivity contribution in [2.75, 3.05) is 38.0 Å². The minimum absolute atomic E-state index is 0.862. The van der Waals surface area contributed by atoms with Crippen LogP contribution in [0.5, 0.6) is 0 Å². The second-order valence-corrected chi connectivity index (χ2v) is 5.67. The van der Waals surface area contributed by atoms with Gasteiger partial charge in [0.25, 0.3) is 0 Å². The first kappa shape index (κ1) is 14.3. The lowest BCUT2D eigenvalue weighted by molar-refractivity contribution is -0.903. The van der Waals surface area contributed by atoms with Crippen molar-refractivity contribution in [2.24, 2.45) is 0 Å². The molecule has 1 aromatic carbocycles. The van der Waals surface area contributed by atoms with E-state index in [1.807, 2.05) is 0 Å². The third kappa shape index (κ3) is 4.18. The van der Waals surface area contributed by atoms with Gasteiger partial charge in [0, 0.05) is 5.69 Å². The number of nitrogens with one attached hydrogen (secondary N) is 2. The summed E-state index contributed by atoms with van der Waals surface area (Å²) >= 11 is 5.51. The molecule has 0 unspecified atom stereocenters. The number of aryl methyl sites for hydroxylation is 1. The molecule has 0 bridgehead atoms. The molecule has 0 aromatic heterocycles. The minimum Gasteiger partial charge on any atom is -0.338 e. The Hall–Kier alpha value is -1.13. The van der Waals surface area contributed by atoms with Crippen LogP contribution in [0.1, 0.15) is 18.9 Å². The molecule has 0 saturated carbocycles. The molecule has 0 spiro atoms. The second-order valence-electron chi connectivity index (χ2n) is 5.29. The van der Waals surface area contributed by atoms with Crippen molar-refractivity contribution >= 4 is 23.0 Å². The van der Waals surface area contributed by atoms with Crippen LogP contribution in [-0.2, 0) is 0 Å². The Morgan fingerprint density at radius 2 is 2.11 bits per heavy atom. The van der Waals surface area contributed by atoms with Gasteiger partial charge in [0.15, 0.2) is 5.11 Å². The highest BCUT2D eigenvalue weighted by Gasteiger charge is 2.20. The summed E-state index contributed by atoms with van der Waals surface area (Å²) in [5.41, 5.74) is 2.35. The number of quaternary nitrogens is 1. The van der Waals surface area contributed by atoms with E-state index < -0.39 is 0 Å². The molecule has 0 amide bonds. The normalized spacial score (nSPS) is 16.4. The Kier molecular flexibility index (Phi) is 5.16. The minimum atomic E-state index is 0.862. The fraction of sp³-hybridized carbons (Fsp3) is 0.533. The third-order valence-electron chi connectivity index (χ3n) is 3.63. The molecule has 1 aliphatic heterocycles. The summed E-state index contributed by atoms with van der Waals surface area (Å²) in [5.74, 6) is 0. The van der Waals surface area contributed by atoms with Gasteiger partial charge in [0.05, 0.1) is 32.7 Å². The van der Waals surface area contributed by atoms with Gasteiger partial charge in [-0.1, -0.05) is 19.1 Å². The lowest BCUT2D eigenvalue weighted by Gasteiger charge is -2.33. The van der Waals surface area contributed by atoms with Crippen LogP contribution in [0.25, 0.3) is 0 Å². The summed E-state index contributed by atoms with van der Waals surface area (Å²) in [6, 6.07) is 8.35. The highest BCUT2D eigenvalue weighted by molar-refractivity contribution is 7.80. The number of benzene rings is 1. The molecule has 4 heteroatoms. The number of hydrogen-bond acceptors (Lipinski definition) is 1. The molecule has 1 saturated heterocycles. The number of thiocarbonyl (C=S) groups is 1. The largest absolute Gasteiger partial charge is 0.338 e. The number of rotatable bonds is 3. The molecular weight excluding hydrogens is 254 g/mol. The predicted molar refractivity (Wildman–Crippen MR) is 84.8 cm³/mol. The van der Waals surface area contributed by atoms with E-state index in [-0.39, 0.29) is 0 Å². The highest BCUT2D eigenvalue weighted by Crippen LogP contribution is 2.10. The maximum Gasteiger partial charge on any atom is 0.173 e. The average molecular weight is 278 g/mol. The van der Waals surface area contributed by atoms with Gasteiger partial charge in [0.1, 0.15) is 0 Å². The predicted octanol–water partition coefficient (Wildman–Crippen LogP) is 1.30. The molecule has 1 aliphatic rings. The van der Waals surface area contributed by atoms with E-state index in [9.17, 15) is 0 Å². The lowest BCUT2D eigenvalue weighted by atomic mass is 10.2. The van der Waals surface area contributed by atoms with Gasteiger partial charge in [-0.05, 0) is 43.3 Å². The van der Waals surface area contributed by atoms with Crippen LogP contribution in [0, 0.1) is 6.92 Å². The summed E-state index contributed by atoms with van der Waals surface area (Å²) in [6.45, 7) is 10.2. The molecule has 0 radical (unpaired) electrons. The van der Waals surface area contributed by atoms with E-state index in [1.165, 1.54) is 31.6 Å². The summed E-state index contributed by atoms with van der Waals surface area (Å²) < 4.78 is 0. The third-order valence-corrected chi connectivity index (χ3v) is 3.99. The van der Waals surface area contributed by atoms with Crippen molar-refractivity contribution in [3.05, 3.63) is 29.8 Å². The fourth-order valence-electron chi connectivity index (χ4n) is 2.55. The van der Waals surface area contributed by atoms with E-state index in [0.717, 1.165) is 23.9 Å². The molecule has 1 aromatic rings. The van der Waals surface area contributed by atoms with E-state index >= 15 is 0 Å². The SMILES string of the molecule is CCC[NH+]1CCN(C(=S)Nc2cccc(C)c2)CC1. The Balaban J connectivity index is 1.84. The van der Waals surface area contributed by atoms with Gasteiger partial charge >= 0.3 is 0 Å². The van der Waals surface area contributed by atoms with Crippen molar-refractivity contribution in [3.8, 4) is 0 Å². The molecule has 3 nitrogen and oxygen atoms in total. The zero-order valence-electron chi connectivity index (χ0n) is 11.9.